The number of piperidine rings is 1. The fourth-order valence-corrected chi connectivity index (χ4v) is 5.67. The maximum atomic E-state index is 15.0. The second kappa shape index (κ2) is 13.3. The van der Waals surface area contributed by atoms with Gasteiger partial charge in [-0.25, -0.2) is 17.5 Å². The molecule has 230 valence electrons. The average molecular weight is 616 g/mol. The van der Waals surface area contributed by atoms with E-state index in [1.165, 1.54) is 24.3 Å². The van der Waals surface area contributed by atoms with Crippen LogP contribution in [-0.4, -0.2) is 57.1 Å². The first-order valence-corrected chi connectivity index (χ1v) is 15.9. The number of nitrogens with zero attached hydrogens (tertiary/aromatic N) is 2. The third-order valence-corrected chi connectivity index (χ3v) is 8.88. The molecule has 2 aliphatic rings. The Bertz CT molecular complexity index is 1520. The lowest BCUT2D eigenvalue weighted by molar-refractivity contribution is 0.0976. The normalized spacial score (nSPS) is 16.8. The van der Waals surface area contributed by atoms with Crippen molar-refractivity contribution in [1.82, 2.24) is 14.6 Å². The molecule has 0 spiro atoms. The van der Waals surface area contributed by atoms with E-state index in [0.29, 0.717) is 36.1 Å². The van der Waals surface area contributed by atoms with Gasteiger partial charge in [-0.15, -0.1) is 0 Å². The van der Waals surface area contributed by atoms with Crippen molar-refractivity contribution in [2.75, 3.05) is 26.7 Å². The van der Waals surface area contributed by atoms with Gasteiger partial charge in [0.15, 0.2) is 11.6 Å². The number of aromatic nitrogens is 1. The van der Waals surface area contributed by atoms with Crippen LogP contribution in [0.25, 0.3) is 0 Å². The van der Waals surface area contributed by atoms with Crippen LogP contribution in [0.15, 0.2) is 59.6 Å². The number of hydrogen-bond donors (Lipinski definition) is 1. The van der Waals surface area contributed by atoms with Gasteiger partial charge in [-0.2, -0.15) is 4.39 Å². The zero-order valence-electron chi connectivity index (χ0n) is 24.1. The summed E-state index contributed by atoms with van der Waals surface area (Å²) in [5.41, 5.74) is -0.282. The van der Waals surface area contributed by atoms with Gasteiger partial charge in [0, 0.05) is 13.1 Å². The summed E-state index contributed by atoms with van der Waals surface area (Å²) < 4.78 is 74.8. The summed E-state index contributed by atoms with van der Waals surface area (Å²) in [6.45, 7) is 4.26. The summed E-state index contributed by atoms with van der Waals surface area (Å²) in [5.74, 6) is -2.98. The molecule has 43 heavy (non-hydrogen) atoms. The highest BCUT2D eigenvalue weighted by Crippen LogP contribution is 2.31. The molecule has 3 aromatic rings. The highest BCUT2D eigenvalue weighted by Gasteiger charge is 2.26. The lowest BCUT2D eigenvalue weighted by atomic mass is 10.1. The molecule has 1 amide bonds. The van der Waals surface area contributed by atoms with Crippen LogP contribution in [0.3, 0.4) is 0 Å². The number of benzene rings is 2. The molecule has 1 aliphatic heterocycles. The van der Waals surface area contributed by atoms with E-state index in [2.05, 4.69) is 9.88 Å². The zero-order valence-corrected chi connectivity index (χ0v) is 24.9. The predicted molar refractivity (Wildman–Crippen MR) is 155 cm³/mol. The maximum absolute atomic E-state index is 15.0. The highest BCUT2D eigenvalue weighted by atomic mass is 32.2. The molecule has 1 saturated heterocycles. The van der Waals surface area contributed by atoms with Crippen LogP contribution in [0, 0.1) is 17.6 Å². The van der Waals surface area contributed by atoms with Crippen molar-refractivity contribution in [2.24, 2.45) is 5.92 Å². The molecule has 0 bridgehead atoms. The topological polar surface area (TPSA) is 107 Å². The van der Waals surface area contributed by atoms with Crippen molar-refractivity contribution in [3.05, 3.63) is 77.6 Å². The van der Waals surface area contributed by atoms with Crippen LogP contribution in [0.2, 0.25) is 0 Å². The quantitative estimate of drug-likeness (QED) is 0.294. The van der Waals surface area contributed by atoms with Gasteiger partial charge >= 0.3 is 0 Å². The zero-order chi connectivity index (χ0) is 30.6. The van der Waals surface area contributed by atoms with E-state index >= 15 is 4.39 Å². The second-order valence-electron chi connectivity index (χ2n) is 11.0. The first kappa shape index (κ1) is 30.7. The van der Waals surface area contributed by atoms with Crippen LogP contribution in [0.1, 0.15) is 61.2 Å². The van der Waals surface area contributed by atoms with Crippen molar-refractivity contribution in [3.8, 4) is 17.2 Å². The Hall–Kier alpha value is -3.77. The van der Waals surface area contributed by atoms with Crippen molar-refractivity contribution in [2.45, 2.75) is 56.1 Å². The monoisotopic (exact) mass is 615 g/mol. The largest absolute Gasteiger partial charge is 0.492 e. The molecule has 1 aliphatic carbocycles. The number of hydrogen-bond acceptors (Lipinski definition) is 8. The van der Waals surface area contributed by atoms with Gasteiger partial charge < -0.3 is 19.1 Å². The van der Waals surface area contributed by atoms with E-state index in [0.717, 1.165) is 50.9 Å². The van der Waals surface area contributed by atoms with Crippen LogP contribution >= 0.6 is 0 Å². The van der Waals surface area contributed by atoms with E-state index in [9.17, 15) is 17.6 Å². The lowest BCUT2D eigenvalue weighted by Crippen LogP contribution is -2.35. The molecule has 1 N–H and O–H groups in total. The highest BCUT2D eigenvalue weighted by molar-refractivity contribution is 7.90. The third-order valence-electron chi connectivity index (χ3n) is 7.53. The Balaban J connectivity index is 1.21. The molecule has 2 fully saturated rings. The van der Waals surface area contributed by atoms with Crippen LogP contribution in [0.5, 0.6) is 17.2 Å². The number of likely N-dealkylation sites (tertiary alicyclic amines) is 1. The van der Waals surface area contributed by atoms with Crippen molar-refractivity contribution in [3.63, 3.8) is 0 Å². The average Bonchev–Trinajstić information content (AvgIpc) is 3.83. The van der Waals surface area contributed by atoms with Gasteiger partial charge in [0.05, 0.1) is 29.0 Å². The smallest absolute Gasteiger partial charge is 0.268 e. The van der Waals surface area contributed by atoms with E-state index in [1.54, 1.807) is 30.0 Å². The fourth-order valence-electron chi connectivity index (χ4n) is 4.70. The van der Waals surface area contributed by atoms with Gasteiger partial charge in [0.25, 0.3) is 15.9 Å². The third kappa shape index (κ3) is 7.80. The van der Waals surface area contributed by atoms with Gasteiger partial charge in [-0.1, -0.05) is 6.92 Å². The fraction of sp³-hybridized carbons (Fsp3) is 0.419. The van der Waals surface area contributed by atoms with E-state index in [-0.39, 0.29) is 11.0 Å². The molecule has 0 unspecified atom stereocenters. The maximum Gasteiger partial charge on any atom is 0.268 e. The van der Waals surface area contributed by atoms with Crippen molar-refractivity contribution < 1.29 is 36.2 Å². The van der Waals surface area contributed by atoms with Gasteiger partial charge in [0.1, 0.15) is 23.7 Å². The molecule has 2 heterocycles. The lowest BCUT2D eigenvalue weighted by Gasteiger charge is -2.29. The molecule has 1 atom stereocenters. The van der Waals surface area contributed by atoms with Crippen LogP contribution < -0.4 is 18.9 Å². The molecule has 1 aromatic heterocycles. The summed E-state index contributed by atoms with van der Waals surface area (Å²) in [6, 6.07) is 11.1. The summed E-state index contributed by atoms with van der Waals surface area (Å²) >= 11 is 0. The predicted octanol–water partition coefficient (Wildman–Crippen LogP) is 5.27. The Kier molecular flexibility index (Phi) is 9.46. The summed E-state index contributed by atoms with van der Waals surface area (Å²) in [4.78, 5) is 19.0. The SMILES string of the molecule is CC[C@@H](Oc1ccc(C(=O)NS(=O)(=O)c2ccc(OC3CCN(C)CC3)cc2)c(F)c1F)c1ccc(OCC2CC2)cn1. The summed E-state index contributed by atoms with van der Waals surface area (Å²) in [6.07, 6.45) is 5.34. The molecule has 2 aromatic carbocycles. The number of sulfonamides is 1. The van der Waals surface area contributed by atoms with Crippen molar-refractivity contribution in [1.29, 1.82) is 0 Å². The van der Waals surface area contributed by atoms with Gasteiger partial charge in [-0.05, 0) is 93.6 Å². The second-order valence-corrected chi connectivity index (χ2v) is 12.6. The van der Waals surface area contributed by atoms with Crippen LogP contribution in [-0.2, 0) is 10.0 Å². The Morgan fingerprint density at radius 1 is 1.00 bits per heavy atom. The number of rotatable bonds is 12. The molecule has 1 saturated carbocycles. The van der Waals surface area contributed by atoms with E-state index in [4.69, 9.17) is 14.2 Å². The number of pyridine rings is 1. The molecule has 5 rings (SSSR count). The summed E-state index contributed by atoms with van der Waals surface area (Å²) in [7, 11) is -2.33. The van der Waals surface area contributed by atoms with E-state index in [1.807, 2.05) is 7.05 Å². The van der Waals surface area contributed by atoms with Gasteiger partial charge in [0.2, 0.25) is 5.82 Å². The van der Waals surface area contributed by atoms with Crippen LogP contribution in [0.4, 0.5) is 8.78 Å². The number of nitrogens with one attached hydrogen (secondary N) is 1. The van der Waals surface area contributed by atoms with Crippen molar-refractivity contribution >= 4 is 15.9 Å². The number of ether oxygens (including phenoxy) is 3. The minimum Gasteiger partial charge on any atom is -0.492 e. The summed E-state index contributed by atoms with van der Waals surface area (Å²) in [5, 5.41) is 0. The Morgan fingerprint density at radius 3 is 2.33 bits per heavy atom. The molecule has 0 radical (unpaired) electrons. The minimum absolute atomic E-state index is 0.0313. The first-order valence-electron chi connectivity index (χ1n) is 14.4. The molecule has 9 nitrogen and oxygen atoms in total. The standard InChI is InChI=1S/C31H35F2N3O6S/c1-3-27(26-12-8-23(18-34-26)40-19-20-4-5-20)42-28-13-11-25(29(32)30(28)33)31(37)35-43(38,39)24-9-6-21(7-10-24)41-22-14-16-36(2)17-15-22/h6-13,18,20,22,27H,3-5,14-17,19H2,1-2H3,(H,35,37)/t27-/m1/s1. The number of amides is 1. The minimum atomic E-state index is -4.37. The molecular weight excluding hydrogens is 580 g/mol. The molecule has 12 heteroatoms. The Labute approximate surface area is 250 Å². The number of carbonyl (C=O) groups is 1. The first-order chi connectivity index (χ1) is 20.6. The molecular formula is C31H35F2N3O6S. The number of carbonyl (C=O) groups excluding carboxylic acids is 1. The Morgan fingerprint density at radius 2 is 1.70 bits per heavy atom. The van der Waals surface area contributed by atoms with Gasteiger partial charge in [-0.3, -0.25) is 9.78 Å². The van der Waals surface area contributed by atoms with E-state index < -0.39 is 45.0 Å². The number of halogens is 2.